The summed E-state index contributed by atoms with van der Waals surface area (Å²) in [6.07, 6.45) is 27.0. The third-order valence-electron chi connectivity index (χ3n) is 12.7. The van der Waals surface area contributed by atoms with E-state index in [9.17, 15) is 0 Å². The van der Waals surface area contributed by atoms with Crippen LogP contribution in [0.5, 0.6) is 0 Å². The zero-order chi connectivity index (χ0) is 35.5. The van der Waals surface area contributed by atoms with E-state index in [2.05, 4.69) is 190 Å². The molecule has 0 N–H and O–H groups in total. The van der Waals surface area contributed by atoms with Crippen LogP contribution in [0.2, 0.25) is 0 Å². The molecule has 0 aromatic heterocycles. The van der Waals surface area contributed by atoms with Gasteiger partial charge < -0.3 is 0 Å². The normalized spacial score (nSPS) is 22.4. The number of hydrogen-bond donors (Lipinski definition) is 0. The van der Waals surface area contributed by atoms with Gasteiger partial charge in [0.25, 0.3) is 0 Å². The van der Waals surface area contributed by atoms with E-state index in [1.165, 1.54) is 82.5 Å². The molecule has 3 unspecified atom stereocenters. The Bertz CT molecular complexity index is 2660. The highest BCUT2D eigenvalue weighted by atomic mass is 14.5. The van der Waals surface area contributed by atoms with Gasteiger partial charge in [-0.2, -0.15) is 0 Å². The van der Waals surface area contributed by atoms with Gasteiger partial charge in [0.1, 0.15) is 0 Å². The maximum Gasteiger partial charge on any atom is 0.0134 e. The predicted molar refractivity (Wildman–Crippen MR) is 225 cm³/mol. The Morgan fingerprint density at radius 3 is 1.98 bits per heavy atom. The van der Waals surface area contributed by atoms with Crippen LogP contribution in [0.1, 0.15) is 49.8 Å². The SMILES string of the molecule is CC1(C)c2ccccc2C2=CC=C(C3=c4ccccc4=C(C4=CC=C(C=Cc5ccc(-c6ccc7ccccc7c6)cc5)CC4)C4C=CC=CC34)CC21. The molecule has 0 bridgehead atoms. The highest BCUT2D eigenvalue weighted by molar-refractivity contribution is 5.88. The molecule has 0 fully saturated rings. The molecular formula is C53H44. The molecule has 256 valence electrons. The summed E-state index contributed by atoms with van der Waals surface area (Å²) in [6, 6.07) is 42.6. The number of rotatable bonds is 5. The molecule has 0 radical (unpaired) electrons. The van der Waals surface area contributed by atoms with Crippen LogP contribution in [0.15, 0.2) is 187 Å². The van der Waals surface area contributed by atoms with Crippen LogP contribution in [-0.2, 0) is 5.41 Å². The lowest BCUT2D eigenvalue weighted by Gasteiger charge is -2.38. The maximum atomic E-state index is 2.48. The van der Waals surface area contributed by atoms with E-state index in [-0.39, 0.29) is 5.41 Å². The van der Waals surface area contributed by atoms with Gasteiger partial charge in [0.2, 0.25) is 0 Å². The van der Waals surface area contributed by atoms with Crippen LogP contribution in [0, 0.1) is 17.8 Å². The van der Waals surface area contributed by atoms with Crippen molar-refractivity contribution in [3.05, 3.63) is 214 Å². The third-order valence-corrected chi connectivity index (χ3v) is 12.7. The lowest BCUT2D eigenvalue weighted by molar-refractivity contribution is 0.409. The molecule has 0 spiro atoms. The van der Waals surface area contributed by atoms with E-state index in [4.69, 9.17) is 0 Å². The number of fused-ring (bicyclic) bond motifs is 6. The number of allylic oxidation sites excluding steroid dienone is 13. The Labute approximate surface area is 313 Å². The minimum atomic E-state index is 0.114. The van der Waals surface area contributed by atoms with Crippen molar-refractivity contribution in [3.8, 4) is 11.1 Å². The van der Waals surface area contributed by atoms with Crippen LogP contribution >= 0.6 is 0 Å². The summed E-state index contributed by atoms with van der Waals surface area (Å²) in [5.74, 6) is 1.16. The number of benzene rings is 5. The molecule has 53 heavy (non-hydrogen) atoms. The first-order valence-corrected chi connectivity index (χ1v) is 19.4. The molecule has 0 nitrogen and oxygen atoms in total. The summed E-state index contributed by atoms with van der Waals surface area (Å²) in [4.78, 5) is 0. The topological polar surface area (TPSA) is 0 Å². The monoisotopic (exact) mass is 680 g/mol. The van der Waals surface area contributed by atoms with Gasteiger partial charge in [0, 0.05) is 11.8 Å². The fraction of sp³-hybridized carbons (Fsp3) is 0.170. The molecule has 0 heteroatoms. The van der Waals surface area contributed by atoms with Crippen molar-refractivity contribution in [1.82, 2.24) is 0 Å². The Hall–Kier alpha value is -5.72. The van der Waals surface area contributed by atoms with Gasteiger partial charge in [-0.3, -0.25) is 0 Å². The minimum Gasteiger partial charge on any atom is -0.0761 e. The van der Waals surface area contributed by atoms with Crippen LogP contribution in [0.3, 0.4) is 0 Å². The Morgan fingerprint density at radius 1 is 0.566 bits per heavy atom. The zero-order valence-corrected chi connectivity index (χ0v) is 30.6. The number of hydrogen-bond acceptors (Lipinski definition) is 0. The molecule has 10 rings (SSSR count). The Balaban J connectivity index is 0.972. The Morgan fingerprint density at radius 2 is 1.23 bits per heavy atom. The quantitative estimate of drug-likeness (QED) is 0.173. The van der Waals surface area contributed by atoms with Crippen molar-refractivity contribution in [2.24, 2.45) is 17.8 Å². The van der Waals surface area contributed by atoms with E-state index in [0.717, 1.165) is 19.3 Å². The van der Waals surface area contributed by atoms with E-state index in [0.29, 0.717) is 17.8 Å². The predicted octanol–water partition coefficient (Wildman–Crippen LogP) is 11.9. The zero-order valence-electron chi connectivity index (χ0n) is 30.6. The molecule has 5 aromatic carbocycles. The van der Waals surface area contributed by atoms with Crippen molar-refractivity contribution >= 4 is 33.6 Å². The first-order valence-electron chi connectivity index (χ1n) is 19.4. The Kier molecular flexibility index (Phi) is 7.69. The van der Waals surface area contributed by atoms with Gasteiger partial charge >= 0.3 is 0 Å². The first-order chi connectivity index (χ1) is 26.0. The minimum absolute atomic E-state index is 0.114. The van der Waals surface area contributed by atoms with E-state index in [1.54, 1.807) is 0 Å². The molecule has 0 saturated carbocycles. The highest BCUT2D eigenvalue weighted by Gasteiger charge is 2.45. The first kappa shape index (κ1) is 32.0. The molecule has 0 heterocycles. The lowest BCUT2D eigenvalue weighted by atomic mass is 9.65. The van der Waals surface area contributed by atoms with Crippen molar-refractivity contribution in [3.63, 3.8) is 0 Å². The second-order valence-corrected chi connectivity index (χ2v) is 16.0. The van der Waals surface area contributed by atoms with Crippen LogP contribution in [-0.4, -0.2) is 0 Å². The largest absolute Gasteiger partial charge is 0.0761 e. The van der Waals surface area contributed by atoms with Crippen molar-refractivity contribution in [2.75, 3.05) is 0 Å². The standard InChI is InChI=1S/C53H44/c1-53(2)49-18-10-9-13-43(49)44-32-31-42(34-50(44)53)52-47-16-7-5-14-45(47)51(46-15-6-8-17-48(46)52)39-27-23-36(24-28-39)20-19-35-21-25-38(26-22-35)41-30-29-37-11-3-4-12-40(37)33-41/h3-23,25-27,29-33,45,47,50H,24,28,34H2,1-2H3. The average Bonchev–Trinajstić information content (AvgIpc) is 3.44. The third kappa shape index (κ3) is 5.43. The maximum absolute atomic E-state index is 2.48. The van der Waals surface area contributed by atoms with Crippen molar-refractivity contribution in [1.29, 1.82) is 0 Å². The molecule has 0 amide bonds. The second kappa shape index (κ2) is 12.7. The second-order valence-electron chi connectivity index (χ2n) is 16.0. The van der Waals surface area contributed by atoms with Crippen LogP contribution in [0.4, 0.5) is 0 Å². The molecule has 5 aromatic rings. The highest BCUT2D eigenvalue weighted by Crippen LogP contribution is 2.55. The average molecular weight is 681 g/mol. The fourth-order valence-electron chi connectivity index (χ4n) is 9.93. The van der Waals surface area contributed by atoms with E-state index in [1.807, 2.05) is 0 Å². The summed E-state index contributed by atoms with van der Waals surface area (Å²) in [5, 5.41) is 5.40. The van der Waals surface area contributed by atoms with Gasteiger partial charge in [-0.05, 0) is 119 Å². The molecule has 3 atom stereocenters. The van der Waals surface area contributed by atoms with Gasteiger partial charge in [-0.25, -0.2) is 0 Å². The van der Waals surface area contributed by atoms with E-state index < -0.39 is 0 Å². The van der Waals surface area contributed by atoms with Crippen LogP contribution in [0.25, 0.3) is 44.7 Å². The summed E-state index contributed by atoms with van der Waals surface area (Å²) >= 11 is 0. The van der Waals surface area contributed by atoms with Gasteiger partial charge in [0.05, 0.1) is 0 Å². The molecular weight excluding hydrogens is 637 g/mol. The summed E-state index contributed by atoms with van der Waals surface area (Å²) in [5.41, 5.74) is 15.7. The molecule has 0 saturated heterocycles. The van der Waals surface area contributed by atoms with Gasteiger partial charge in [0.15, 0.2) is 0 Å². The summed E-state index contributed by atoms with van der Waals surface area (Å²) < 4.78 is 0. The lowest BCUT2D eigenvalue weighted by Crippen LogP contribution is -2.41. The molecule has 5 aliphatic carbocycles. The molecule has 0 aliphatic heterocycles. The summed E-state index contributed by atoms with van der Waals surface area (Å²) in [7, 11) is 0. The fourth-order valence-corrected chi connectivity index (χ4v) is 9.93. The summed E-state index contributed by atoms with van der Waals surface area (Å²) in [6.45, 7) is 4.90. The van der Waals surface area contributed by atoms with Crippen molar-refractivity contribution in [2.45, 2.75) is 38.5 Å². The smallest absolute Gasteiger partial charge is 0.0134 e. The van der Waals surface area contributed by atoms with Crippen LogP contribution < -0.4 is 10.4 Å². The van der Waals surface area contributed by atoms with Gasteiger partial charge in [-0.15, -0.1) is 0 Å². The van der Waals surface area contributed by atoms with E-state index >= 15 is 0 Å². The molecule has 5 aliphatic rings. The van der Waals surface area contributed by atoms with Crippen molar-refractivity contribution < 1.29 is 0 Å². The van der Waals surface area contributed by atoms with Gasteiger partial charge in [-0.1, -0.05) is 184 Å².